The molecule has 3 N–H and O–H groups in total. The number of hydrogen-bond acceptors (Lipinski definition) is 4. The fourth-order valence-electron chi connectivity index (χ4n) is 0.755. The molecule has 0 spiro atoms. The van der Waals surface area contributed by atoms with Gasteiger partial charge in [0.25, 0.3) is 0 Å². The van der Waals surface area contributed by atoms with E-state index in [1.165, 1.54) is 13.7 Å². The standard InChI is InChI=1S/C11H22BN2O2/c1-8(7-13)9(14-6)12-16-11(4,5)10(2,3)15/h7,15H,13H2,1-6H3. The first-order valence-corrected chi connectivity index (χ1v) is 5.24. The molecule has 0 amide bonds. The van der Waals surface area contributed by atoms with Crippen LogP contribution in [-0.2, 0) is 4.65 Å². The summed E-state index contributed by atoms with van der Waals surface area (Å²) in [5.74, 6) is 0. The molecule has 0 atom stereocenters. The van der Waals surface area contributed by atoms with Crippen molar-refractivity contribution in [2.24, 2.45) is 10.7 Å². The molecule has 0 aromatic heterocycles. The Morgan fingerprint density at radius 3 is 2.19 bits per heavy atom. The zero-order valence-electron chi connectivity index (χ0n) is 11.0. The van der Waals surface area contributed by atoms with Crippen LogP contribution in [0.25, 0.3) is 0 Å². The Morgan fingerprint density at radius 2 is 1.88 bits per heavy atom. The summed E-state index contributed by atoms with van der Waals surface area (Å²) in [6.07, 6.45) is 1.47. The SMILES string of the molecule is CN=C([B]OC(C)(C)C(C)(C)O)C(C)=CN. The Bertz CT molecular complexity index is 291. The van der Waals surface area contributed by atoms with E-state index in [9.17, 15) is 5.11 Å². The molecule has 0 saturated heterocycles. The van der Waals surface area contributed by atoms with Gasteiger partial charge >= 0.3 is 7.48 Å². The zero-order valence-corrected chi connectivity index (χ0v) is 11.0. The van der Waals surface area contributed by atoms with Gasteiger partial charge in [-0.2, -0.15) is 0 Å². The average Bonchev–Trinajstić information content (AvgIpc) is 2.16. The highest BCUT2D eigenvalue weighted by atomic mass is 16.5. The lowest BCUT2D eigenvalue weighted by Crippen LogP contribution is -2.48. The Labute approximate surface area is 98.9 Å². The summed E-state index contributed by atoms with van der Waals surface area (Å²) in [6, 6.07) is 0. The monoisotopic (exact) mass is 225 g/mol. The van der Waals surface area contributed by atoms with E-state index in [-0.39, 0.29) is 0 Å². The van der Waals surface area contributed by atoms with Crippen LogP contribution in [0.3, 0.4) is 0 Å². The summed E-state index contributed by atoms with van der Waals surface area (Å²) < 4.78 is 5.57. The van der Waals surface area contributed by atoms with E-state index in [4.69, 9.17) is 10.4 Å². The maximum Gasteiger partial charge on any atom is 0.351 e. The van der Waals surface area contributed by atoms with Crippen LogP contribution in [0.5, 0.6) is 0 Å². The highest BCUT2D eigenvalue weighted by Gasteiger charge is 2.36. The summed E-state index contributed by atoms with van der Waals surface area (Å²) in [4.78, 5) is 4.05. The van der Waals surface area contributed by atoms with Gasteiger partial charge in [-0.25, -0.2) is 0 Å². The molecule has 0 aliphatic carbocycles. The van der Waals surface area contributed by atoms with Crippen LogP contribution in [0.4, 0.5) is 0 Å². The van der Waals surface area contributed by atoms with Crippen molar-refractivity contribution in [3.8, 4) is 0 Å². The third kappa shape index (κ3) is 3.98. The van der Waals surface area contributed by atoms with Gasteiger partial charge < -0.3 is 20.5 Å². The summed E-state index contributed by atoms with van der Waals surface area (Å²) in [5, 5.41) is 9.90. The molecule has 1 radical (unpaired) electrons. The van der Waals surface area contributed by atoms with Crippen LogP contribution in [0.1, 0.15) is 34.6 Å². The predicted octanol–water partition coefficient (Wildman–Crippen LogP) is 1.06. The summed E-state index contributed by atoms with van der Waals surface area (Å²) in [6.45, 7) is 8.89. The number of aliphatic imine (C=N–C) groups is 1. The molecule has 0 aliphatic rings. The molecule has 0 fully saturated rings. The molecule has 4 nitrogen and oxygen atoms in total. The van der Waals surface area contributed by atoms with Gasteiger partial charge in [0.05, 0.1) is 11.2 Å². The van der Waals surface area contributed by atoms with E-state index in [1.54, 1.807) is 20.9 Å². The quantitative estimate of drug-likeness (QED) is 0.543. The van der Waals surface area contributed by atoms with E-state index in [1.807, 2.05) is 20.8 Å². The molecular weight excluding hydrogens is 203 g/mol. The topological polar surface area (TPSA) is 67.8 Å². The lowest BCUT2D eigenvalue weighted by molar-refractivity contribution is -0.0890. The molecule has 0 bridgehead atoms. The Balaban J connectivity index is 4.57. The molecule has 0 aromatic rings. The molecule has 0 rings (SSSR count). The van der Waals surface area contributed by atoms with Crippen molar-refractivity contribution in [3.63, 3.8) is 0 Å². The minimum Gasteiger partial charge on any atom is -0.425 e. The minimum atomic E-state index is -0.942. The number of allylic oxidation sites excluding steroid dienone is 1. The molecule has 0 aromatic carbocycles. The van der Waals surface area contributed by atoms with E-state index in [0.29, 0.717) is 5.61 Å². The fourth-order valence-corrected chi connectivity index (χ4v) is 0.755. The summed E-state index contributed by atoms with van der Waals surface area (Å²) >= 11 is 0. The number of nitrogens with zero attached hydrogens (tertiary/aromatic N) is 1. The molecule has 0 saturated carbocycles. The van der Waals surface area contributed by atoms with Crippen molar-refractivity contribution < 1.29 is 9.76 Å². The minimum absolute atomic E-state index is 0.667. The third-order valence-electron chi connectivity index (χ3n) is 2.83. The van der Waals surface area contributed by atoms with Crippen LogP contribution in [-0.4, -0.2) is 36.4 Å². The van der Waals surface area contributed by atoms with Gasteiger partial charge in [-0.15, -0.1) is 0 Å². The maximum absolute atomic E-state index is 9.90. The lowest BCUT2D eigenvalue weighted by atomic mass is 9.82. The summed E-state index contributed by atoms with van der Waals surface area (Å²) in [5.41, 5.74) is 5.26. The summed E-state index contributed by atoms with van der Waals surface area (Å²) in [7, 11) is 3.19. The van der Waals surface area contributed by atoms with Gasteiger partial charge in [0.2, 0.25) is 0 Å². The Morgan fingerprint density at radius 1 is 1.38 bits per heavy atom. The second-order valence-corrected chi connectivity index (χ2v) is 4.76. The normalized spacial score (nSPS) is 15.2. The second kappa shape index (κ2) is 5.50. The molecule has 91 valence electrons. The first-order chi connectivity index (χ1) is 7.15. The van der Waals surface area contributed by atoms with Gasteiger partial charge in [-0.1, -0.05) is 0 Å². The van der Waals surface area contributed by atoms with Crippen LogP contribution >= 0.6 is 0 Å². The van der Waals surface area contributed by atoms with Crippen molar-refractivity contribution >= 4 is 13.1 Å². The van der Waals surface area contributed by atoms with Gasteiger partial charge in [0.15, 0.2) is 0 Å². The first-order valence-electron chi connectivity index (χ1n) is 5.24. The number of aliphatic hydroxyl groups is 1. The van der Waals surface area contributed by atoms with Crippen LogP contribution in [0.15, 0.2) is 16.8 Å². The zero-order chi connectivity index (χ0) is 13.0. The van der Waals surface area contributed by atoms with Gasteiger partial charge in [0.1, 0.15) is 0 Å². The van der Waals surface area contributed by atoms with Gasteiger partial charge in [-0.05, 0) is 46.4 Å². The van der Waals surface area contributed by atoms with Crippen LogP contribution < -0.4 is 5.73 Å². The molecule has 5 heteroatoms. The molecular formula is C11H22BN2O2. The van der Waals surface area contributed by atoms with Crippen molar-refractivity contribution in [3.05, 3.63) is 11.8 Å². The van der Waals surface area contributed by atoms with Gasteiger partial charge in [0, 0.05) is 12.7 Å². The van der Waals surface area contributed by atoms with Crippen molar-refractivity contribution in [1.29, 1.82) is 0 Å². The molecule has 16 heavy (non-hydrogen) atoms. The van der Waals surface area contributed by atoms with Gasteiger partial charge in [-0.3, -0.25) is 0 Å². The number of rotatable bonds is 5. The van der Waals surface area contributed by atoms with Crippen LogP contribution in [0.2, 0.25) is 0 Å². The van der Waals surface area contributed by atoms with Crippen molar-refractivity contribution in [2.45, 2.75) is 45.8 Å². The largest absolute Gasteiger partial charge is 0.425 e. The first kappa shape index (κ1) is 15.2. The number of nitrogens with two attached hydrogens (primary N) is 1. The molecule has 0 aliphatic heterocycles. The molecule has 0 heterocycles. The highest BCUT2D eigenvalue weighted by molar-refractivity contribution is 6.74. The maximum atomic E-state index is 9.90. The van der Waals surface area contributed by atoms with E-state index < -0.39 is 11.2 Å². The smallest absolute Gasteiger partial charge is 0.351 e. The molecule has 0 unspecified atom stereocenters. The predicted molar refractivity (Wildman–Crippen MR) is 68.5 cm³/mol. The Hall–Kier alpha value is -0.805. The third-order valence-corrected chi connectivity index (χ3v) is 2.83. The van der Waals surface area contributed by atoms with E-state index >= 15 is 0 Å². The van der Waals surface area contributed by atoms with Crippen molar-refractivity contribution in [1.82, 2.24) is 0 Å². The fraction of sp³-hybridized carbons (Fsp3) is 0.727. The van der Waals surface area contributed by atoms with Crippen LogP contribution in [0, 0.1) is 0 Å². The average molecular weight is 225 g/mol. The number of hydrogen-bond donors (Lipinski definition) is 2. The van der Waals surface area contributed by atoms with E-state index in [2.05, 4.69) is 4.99 Å². The Kier molecular flexibility index (Phi) is 5.22. The van der Waals surface area contributed by atoms with Crippen molar-refractivity contribution in [2.75, 3.05) is 7.05 Å². The second-order valence-electron chi connectivity index (χ2n) is 4.76. The van der Waals surface area contributed by atoms with E-state index in [0.717, 1.165) is 5.57 Å². The highest BCUT2D eigenvalue weighted by Crippen LogP contribution is 2.24. The lowest BCUT2D eigenvalue weighted by Gasteiger charge is -2.37.